The van der Waals surface area contributed by atoms with E-state index in [2.05, 4.69) is 9.28 Å². The first-order valence-electron chi connectivity index (χ1n) is 6.59. The quantitative estimate of drug-likeness (QED) is 0.444. The zero-order valence-corrected chi connectivity index (χ0v) is 13.5. The molecule has 0 fully saturated rings. The molecule has 0 N–H and O–H groups in total. The van der Waals surface area contributed by atoms with Gasteiger partial charge in [0.1, 0.15) is 5.82 Å². The second-order valence-corrected chi connectivity index (χ2v) is 6.64. The Morgan fingerprint density at radius 3 is 2.23 bits per heavy atom. The van der Waals surface area contributed by atoms with Gasteiger partial charge in [-0.3, -0.25) is 0 Å². The molecule has 0 aliphatic carbocycles. The Bertz CT molecular complexity index is 917. The average molecular weight is 406 g/mol. The molecule has 0 saturated heterocycles. The third kappa shape index (κ3) is 4.45. The molecule has 0 aliphatic heterocycles. The van der Waals surface area contributed by atoms with Crippen molar-refractivity contribution in [2.45, 2.75) is 18.1 Å². The molecule has 0 bridgehead atoms. The molecule has 144 valence electrons. The number of hydrogen-bond donors (Lipinski definition) is 0. The summed E-state index contributed by atoms with van der Waals surface area (Å²) in [7, 11) is -4.87. The largest absolute Gasteiger partial charge is 0.534 e. The fourth-order valence-corrected chi connectivity index (χ4v) is 2.43. The summed E-state index contributed by atoms with van der Waals surface area (Å²) in [6.07, 6.45) is -5.19. The maximum Gasteiger partial charge on any atom is 0.534 e. The third-order valence-electron chi connectivity index (χ3n) is 3.04. The first-order chi connectivity index (χ1) is 11.7. The van der Waals surface area contributed by atoms with Crippen LogP contribution in [0.5, 0.6) is 5.88 Å². The molecule has 0 aliphatic rings. The summed E-state index contributed by atoms with van der Waals surface area (Å²) in [6, 6.07) is 2.51. The van der Waals surface area contributed by atoms with Gasteiger partial charge in [-0.15, -0.1) is 0 Å². The van der Waals surface area contributed by atoms with Crippen LogP contribution in [0.15, 0.2) is 24.3 Å². The smallest absolute Gasteiger partial charge is 0.356 e. The monoisotopic (exact) mass is 406 g/mol. The summed E-state index contributed by atoms with van der Waals surface area (Å²) in [5.41, 5.74) is -7.21. The van der Waals surface area contributed by atoms with E-state index < -0.39 is 45.5 Å². The minimum Gasteiger partial charge on any atom is -0.356 e. The molecule has 0 radical (unpaired) electrons. The van der Waals surface area contributed by atoms with E-state index in [1.54, 1.807) is 0 Å². The van der Waals surface area contributed by atoms with Crippen molar-refractivity contribution in [3.63, 3.8) is 0 Å². The number of benzene rings is 1. The van der Waals surface area contributed by atoms with Crippen molar-refractivity contribution < 1.29 is 43.3 Å². The van der Waals surface area contributed by atoms with Crippen molar-refractivity contribution in [3.05, 3.63) is 46.9 Å². The summed E-state index contributed by atoms with van der Waals surface area (Å²) in [5, 5.41) is 3.65. The lowest BCUT2D eigenvalue weighted by Gasteiger charge is -2.08. The number of hydrogen-bond acceptors (Lipinski definition) is 4. The van der Waals surface area contributed by atoms with Gasteiger partial charge in [0.05, 0.1) is 11.3 Å². The lowest BCUT2D eigenvalue weighted by atomic mass is 10.1. The van der Waals surface area contributed by atoms with Gasteiger partial charge in [0, 0.05) is 19.5 Å². The summed E-state index contributed by atoms with van der Waals surface area (Å²) < 4.78 is 115. The minimum atomic E-state index is -5.94. The second-order valence-electron chi connectivity index (χ2n) is 5.10. The van der Waals surface area contributed by atoms with Crippen LogP contribution in [0, 0.1) is 5.82 Å². The molecule has 5 nitrogen and oxygen atoms in total. The molecule has 0 atom stereocenters. The Morgan fingerprint density at radius 2 is 1.69 bits per heavy atom. The van der Waals surface area contributed by atoms with Crippen LogP contribution in [0.2, 0.25) is 0 Å². The van der Waals surface area contributed by atoms with Gasteiger partial charge in [-0.1, -0.05) is 0 Å². The average Bonchev–Trinajstić information content (AvgIpc) is 2.75. The lowest BCUT2D eigenvalue weighted by Crippen LogP contribution is -2.28. The Labute approximate surface area is 142 Å². The summed E-state index contributed by atoms with van der Waals surface area (Å²) in [5.74, 6) is -1.97. The molecule has 1 aromatic carbocycles. The zero-order valence-electron chi connectivity index (χ0n) is 12.7. The van der Waals surface area contributed by atoms with E-state index in [1.165, 1.54) is 0 Å². The van der Waals surface area contributed by atoms with E-state index in [1.807, 2.05) is 0 Å². The van der Waals surface area contributed by atoms with Crippen molar-refractivity contribution in [2.75, 3.05) is 0 Å². The van der Waals surface area contributed by atoms with Crippen molar-refractivity contribution >= 4 is 10.1 Å². The van der Waals surface area contributed by atoms with Crippen LogP contribution >= 0.6 is 0 Å². The van der Waals surface area contributed by atoms with Gasteiger partial charge in [0.2, 0.25) is 5.88 Å². The highest BCUT2D eigenvalue weighted by atomic mass is 32.2. The Balaban J connectivity index is 2.29. The third-order valence-corrected chi connectivity index (χ3v) is 3.99. The first kappa shape index (κ1) is 20.0. The Morgan fingerprint density at radius 1 is 1.08 bits per heavy atom. The standard InChI is InChI=1S/C13H9F7N2O3S/c1-22-11(25-26(23,24)13(18,19)20)6-10(21-22)4-7-2-8(12(15,16)17)5-9(14)3-7/h2-3,5-6H,4H2,1H3. The zero-order chi connectivity index (χ0) is 19.9. The maximum atomic E-state index is 13.3. The lowest BCUT2D eigenvalue weighted by molar-refractivity contribution is -0.137. The van der Waals surface area contributed by atoms with Gasteiger partial charge in [0.25, 0.3) is 0 Å². The molecule has 13 heteroatoms. The summed E-state index contributed by atoms with van der Waals surface area (Å²) in [4.78, 5) is 0. The summed E-state index contributed by atoms with van der Waals surface area (Å²) in [6.45, 7) is 0. The van der Waals surface area contributed by atoms with Crippen molar-refractivity contribution in [3.8, 4) is 5.88 Å². The SMILES string of the molecule is Cn1nc(Cc2cc(F)cc(C(F)(F)F)c2)cc1OS(=O)(=O)C(F)(F)F. The van der Waals surface area contributed by atoms with E-state index in [9.17, 15) is 39.2 Å². The van der Waals surface area contributed by atoms with Crippen molar-refractivity contribution in [1.82, 2.24) is 9.78 Å². The van der Waals surface area contributed by atoms with E-state index in [0.717, 1.165) is 19.2 Å². The highest BCUT2D eigenvalue weighted by Crippen LogP contribution is 2.31. The molecular formula is C13H9F7N2O3S. The second kappa shape index (κ2) is 6.45. The summed E-state index contributed by atoms with van der Waals surface area (Å²) >= 11 is 0. The molecule has 1 aromatic heterocycles. The number of rotatable bonds is 4. The molecule has 0 unspecified atom stereocenters. The number of alkyl halides is 6. The van der Waals surface area contributed by atoms with E-state index >= 15 is 0 Å². The van der Waals surface area contributed by atoms with Crippen molar-refractivity contribution in [1.29, 1.82) is 0 Å². The number of halogens is 7. The number of aromatic nitrogens is 2. The molecule has 2 rings (SSSR count). The molecule has 1 heterocycles. The Kier molecular flexibility index (Phi) is 4.96. The van der Waals surface area contributed by atoms with Gasteiger partial charge in [-0.25, -0.2) is 9.07 Å². The van der Waals surface area contributed by atoms with Gasteiger partial charge in [0.15, 0.2) is 0 Å². The first-order valence-corrected chi connectivity index (χ1v) is 8.00. The van der Waals surface area contributed by atoms with Crippen molar-refractivity contribution in [2.24, 2.45) is 7.05 Å². The fourth-order valence-electron chi connectivity index (χ4n) is 1.96. The van der Waals surface area contributed by atoms with E-state index in [4.69, 9.17) is 0 Å². The molecule has 26 heavy (non-hydrogen) atoms. The fraction of sp³-hybridized carbons (Fsp3) is 0.308. The minimum absolute atomic E-state index is 0.126. The number of nitrogens with zero attached hydrogens (tertiary/aromatic N) is 2. The molecule has 0 saturated carbocycles. The van der Waals surface area contributed by atoms with Crippen LogP contribution in [0.4, 0.5) is 30.7 Å². The van der Waals surface area contributed by atoms with Gasteiger partial charge >= 0.3 is 21.8 Å². The predicted octanol–water partition coefficient (Wildman–Crippen LogP) is 3.40. The van der Waals surface area contributed by atoms with Gasteiger partial charge in [-0.2, -0.15) is 39.9 Å². The van der Waals surface area contributed by atoms with Crippen LogP contribution in [0.1, 0.15) is 16.8 Å². The van der Waals surface area contributed by atoms with Gasteiger partial charge in [-0.05, 0) is 23.8 Å². The predicted molar refractivity (Wildman–Crippen MR) is 73.0 cm³/mol. The molecule has 0 spiro atoms. The topological polar surface area (TPSA) is 61.2 Å². The van der Waals surface area contributed by atoms with E-state index in [0.29, 0.717) is 10.7 Å². The number of aryl methyl sites for hydroxylation is 1. The van der Waals surface area contributed by atoms with Crippen LogP contribution in [0.3, 0.4) is 0 Å². The maximum absolute atomic E-state index is 13.3. The highest BCUT2D eigenvalue weighted by molar-refractivity contribution is 7.87. The van der Waals surface area contributed by atoms with Crippen LogP contribution in [-0.4, -0.2) is 23.7 Å². The van der Waals surface area contributed by atoms with Crippen LogP contribution in [0.25, 0.3) is 0 Å². The van der Waals surface area contributed by atoms with Gasteiger partial charge < -0.3 is 4.18 Å². The van der Waals surface area contributed by atoms with Crippen LogP contribution < -0.4 is 4.18 Å². The highest BCUT2D eigenvalue weighted by Gasteiger charge is 2.49. The van der Waals surface area contributed by atoms with Crippen LogP contribution in [-0.2, 0) is 29.8 Å². The molecule has 2 aromatic rings. The Hall–Kier alpha value is -2.31. The molecular weight excluding hydrogens is 397 g/mol. The van der Waals surface area contributed by atoms with E-state index in [-0.39, 0.29) is 17.3 Å². The normalized spacial score (nSPS) is 13.1. The molecule has 0 amide bonds.